The molecule has 0 bridgehead atoms. The first-order valence-electron chi connectivity index (χ1n) is 4.57. The van der Waals surface area contributed by atoms with Crippen LogP contribution >= 0.6 is 0 Å². The molecule has 1 aliphatic rings. The van der Waals surface area contributed by atoms with Crippen molar-refractivity contribution in [3.8, 4) is 5.75 Å². The highest BCUT2D eigenvalue weighted by molar-refractivity contribution is 5.42. The van der Waals surface area contributed by atoms with Crippen LogP contribution in [0.5, 0.6) is 5.75 Å². The Hall–Kier alpha value is -1.23. The summed E-state index contributed by atoms with van der Waals surface area (Å²) in [6.45, 7) is 0.0331. The SMILES string of the molecule is FC(F)(F)COc1cccc2c1CNC2. The van der Waals surface area contributed by atoms with Crippen molar-refractivity contribution in [1.29, 1.82) is 0 Å². The van der Waals surface area contributed by atoms with E-state index in [9.17, 15) is 13.2 Å². The number of ether oxygens (including phenoxy) is 1. The second-order valence-corrected chi connectivity index (χ2v) is 3.40. The molecule has 0 amide bonds. The lowest BCUT2D eigenvalue weighted by atomic mass is 10.1. The Kier molecular flexibility index (Phi) is 2.56. The predicted octanol–water partition coefficient (Wildman–Crippen LogP) is 2.23. The van der Waals surface area contributed by atoms with E-state index in [1.165, 1.54) is 0 Å². The Morgan fingerprint density at radius 1 is 1.27 bits per heavy atom. The molecule has 0 saturated heterocycles. The van der Waals surface area contributed by atoms with Crippen LogP contribution in [0, 0.1) is 0 Å². The normalized spacial score (nSPS) is 15.1. The standard InChI is InChI=1S/C10H10F3NO/c11-10(12,13)6-15-9-3-1-2-7-4-14-5-8(7)9/h1-3,14H,4-6H2. The molecule has 0 fully saturated rings. The molecular weight excluding hydrogens is 207 g/mol. The monoisotopic (exact) mass is 217 g/mol. The van der Waals surface area contributed by atoms with E-state index in [0.29, 0.717) is 18.8 Å². The molecule has 0 unspecified atom stereocenters. The average molecular weight is 217 g/mol. The van der Waals surface area contributed by atoms with E-state index in [-0.39, 0.29) is 0 Å². The van der Waals surface area contributed by atoms with E-state index in [1.54, 1.807) is 12.1 Å². The van der Waals surface area contributed by atoms with Gasteiger partial charge in [-0.2, -0.15) is 13.2 Å². The molecule has 5 heteroatoms. The van der Waals surface area contributed by atoms with Crippen LogP contribution in [0.2, 0.25) is 0 Å². The third-order valence-electron chi connectivity index (χ3n) is 2.24. The summed E-state index contributed by atoms with van der Waals surface area (Å²) in [5.74, 6) is 0.329. The highest BCUT2D eigenvalue weighted by Crippen LogP contribution is 2.27. The summed E-state index contributed by atoms with van der Waals surface area (Å²) < 4.78 is 40.6. The molecule has 0 aromatic heterocycles. The first kappa shape index (κ1) is 10.3. The molecule has 0 spiro atoms. The van der Waals surface area contributed by atoms with Crippen molar-refractivity contribution in [2.75, 3.05) is 6.61 Å². The zero-order valence-corrected chi connectivity index (χ0v) is 7.90. The van der Waals surface area contributed by atoms with Crippen molar-refractivity contribution in [1.82, 2.24) is 5.32 Å². The maximum absolute atomic E-state index is 12.0. The van der Waals surface area contributed by atoms with Crippen molar-refractivity contribution in [2.24, 2.45) is 0 Å². The van der Waals surface area contributed by atoms with Crippen LogP contribution in [0.15, 0.2) is 18.2 Å². The Labute approximate surface area is 85.0 Å². The molecule has 1 aromatic carbocycles. The number of alkyl halides is 3. The summed E-state index contributed by atoms with van der Waals surface area (Å²) in [6, 6.07) is 5.16. The molecule has 1 N–H and O–H groups in total. The van der Waals surface area contributed by atoms with Gasteiger partial charge in [-0.3, -0.25) is 0 Å². The van der Waals surface area contributed by atoms with E-state index >= 15 is 0 Å². The van der Waals surface area contributed by atoms with E-state index in [1.807, 2.05) is 6.07 Å². The summed E-state index contributed by atoms with van der Waals surface area (Å²) in [5, 5.41) is 3.06. The Balaban J connectivity index is 2.12. The van der Waals surface area contributed by atoms with Crippen molar-refractivity contribution >= 4 is 0 Å². The molecule has 82 valence electrons. The fourth-order valence-corrected chi connectivity index (χ4v) is 1.59. The van der Waals surface area contributed by atoms with Gasteiger partial charge in [-0.05, 0) is 11.6 Å². The van der Waals surface area contributed by atoms with E-state index in [0.717, 1.165) is 11.1 Å². The number of hydrogen-bond donors (Lipinski definition) is 1. The largest absolute Gasteiger partial charge is 0.484 e. The van der Waals surface area contributed by atoms with Crippen LogP contribution < -0.4 is 10.1 Å². The maximum atomic E-state index is 12.0. The molecule has 0 aliphatic carbocycles. The van der Waals surface area contributed by atoms with E-state index in [2.05, 4.69) is 5.32 Å². The smallest absolute Gasteiger partial charge is 0.422 e. The first-order chi connectivity index (χ1) is 7.06. The van der Waals surface area contributed by atoms with Gasteiger partial charge < -0.3 is 10.1 Å². The molecule has 1 heterocycles. The van der Waals surface area contributed by atoms with Crippen LogP contribution in [0.3, 0.4) is 0 Å². The highest BCUT2D eigenvalue weighted by atomic mass is 19.4. The minimum absolute atomic E-state index is 0.329. The van der Waals surface area contributed by atoms with Gasteiger partial charge in [0.15, 0.2) is 6.61 Å². The minimum Gasteiger partial charge on any atom is -0.484 e. The topological polar surface area (TPSA) is 21.3 Å². The van der Waals surface area contributed by atoms with Gasteiger partial charge in [0, 0.05) is 18.7 Å². The Morgan fingerprint density at radius 3 is 2.80 bits per heavy atom. The number of rotatable bonds is 2. The van der Waals surface area contributed by atoms with Crippen LogP contribution in [0.4, 0.5) is 13.2 Å². The van der Waals surface area contributed by atoms with Crippen LogP contribution in [0.25, 0.3) is 0 Å². The fraction of sp³-hybridized carbons (Fsp3) is 0.400. The molecular formula is C10H10F3NO. The van der Waals surface area contributed by atoms with E-state index in [4.69, 9.17) is 4.74 Å². The van der Waals surface area contributed by atoms with Gasteiger partial charge in [0.05, 0.1) is 0 Å². The predicted molar refractivity (Wildman–Crippen MR) is 48.5 cm³/mol. The zero-order chi connectivity index (χ0) is 10.9. The molecule has 0 saturated carbocycles. The molecule has 2 rings (SSSR count). The molecule has 15 heavy (non-hydrogen) atoms. The third-order valence-corrected chi connectivity index (χ3v) is 2.24. The zero-order valence-electron chi connectivity index (χ0n) is 7.90. The van der Waals surface area contributed by atoms with Gasteiger partial charge in [0.1, 0.15) is 5.75 Å². The second-order valence-electron chi connectivity index (χ2n) is 3.40. The fourth-order valence-electron chi connectivity index (χ4n) is 1.59. The Morgan fingerprint density at radius 2 is 2.07 bits per heavy atom. The van der Waals surface area contributed by atoms with E-state index < -0.39 is 12.8 Å². The minimum atomic E-state index is -4.28. The van der Waals surface area contributed by atoms with Gasteiger partial charge >= 0.3 is 6.18 Å². The molecule has 2 nitrogen and oxygen atoms in total. The second kappa shape index (κ2) is 3.73. The molecule has 0 atom stereocenters. The molecule has 1 aliphatic heterocycles. The summed E-state index contributed by atoms with van der Waals surface area (Å²) >= 11 is 0. The van der Waals surface area contributed by atoms with Crippen LogP contribution in [-0.4, -0.2) is 12.8 Å². The van der Waals surface area contributed by atoms with Gasteiger partial charge in [-0.1, -0.05) is 12.1 Å². The number of hydrogen-bond acceptors (Lipinski definition) is 2. The van der Waals surface area contributed by atoms with Crippen molar-refractivity contribution in [3.63, 3.8) is 0 Å². The summed E-state index contributed by atoms with van der Waals surface area (Å²) in [6.07, 6.45) is -4.28. The first-order valence-corrected chi connectivity index (χ1v) is 4.57. The number of benzene rings is 1. The summed E-state index contributed by atoms with van der Waals surface area (Å²) in [5.41, 5.74) is 1.84. The quantitative estimate of drug-likeness (QED) is 0.820. The van der Waals surface area contributed by atoms with Gasteiger partial charge in [0.2, 0.25) is 0 Å². The van der Waals surface area contributed by atoms with Gasteiger partial charge in [0.25, 0.3) is 0 Å². The third kappa shape index (κ3) is 2.41. The number of halogens is 3. The average Bonchev–Trinajstić information content (AvgIpc) is 2.61. The van der Waals surface area contributed by atoms with Gasteiger partial charge in [-0.15, -0.1) is 0 Å². The molecule has 0 radical (unpaired) electrons. The maximum Gasteiger partial charge on any atom is 0.422 e. The highest BCUT2D eigenvalue weighted by Gasteiger charge is 2.29. The van der Waals surface area contributed by atoms with Gasteiger partial charge in [-0.25, -0.2) is 0 Å². The lowest BCUT2D eigenvalue weighted by Crippen LogP contribution is -2.19. The Bertz CT molecular complexity index is 362. The summed E-state index contributed by atoms with van der Waals surface area (Å²) in [7, 11) is 0. The van der Waals surface area contributed by atoms with Crippen LogP contribution in [-0.2, 0) is 13.1 Å². The van der Waals surface area contributed by atoms with Crippen molar-refractivity contribution < 1.29 is 17.9 Å². The lowest BCUT2D eigenvalue weighted by molar-refractivity contribution is -0.153. The van der Waals surface area contributed by atoms with Crippen molar-refractivity contribution in [2.45, 2.75) is 19.3 Å². The number of nitrogens with one attached hydrogen (secondary N) is 1. The molecule has 1 aromatic rings. The lowest BCUT2D eigenvalue weighted by Gasteiger charge is -2.11. The van der Waals surface area contributed by atoms with Crippen molar-refractivity contribution in [3.05, 3.63) is 29.3 Å². The summed E-state index contributed by atoms with van der Waals surface area (Å²) in [4.78, 5) is 0. The number of fused-ring (bicyclic) bond motifs is 1. The van der Waals surface area contributed by atoms with Crippen LogP contribution in [0.1, 0.15) is 11.1 Å².